The van der Waals surface area contributed by atoms with Gasteiger partial charge in [0, 0.05) is 13.2 Å². The van der Waals surface area contributed by atoms with Crippen LogP contribution >= 0.6 is 0 Å². The molecule has 0 unspecified atom stereocenters. The van der Waals surface area contributed by atoms with Crippen molar-refractivity contribution in [2.24, 2.45) is 0 Å². The van der Waals surface area contributed by atoms with Gasteiger partial charge in [0.1, 0.15) is 6.10 Å². The normalized spacial score (nSPS) is 28.3. The molecule has 0 aromatic carbocycles. The highest BCUT2D eigenvalue weighted by Crippen LogP contribution is 2.24. The summed E-state index contributed by atoms with van der Waals surface area (Å²) in [6, 6.07) is 0.546. The van der Waals surface area contributed by atoms with Crippen molar-refractivity contribution < 1.29 is 14.3 Å². The van der Waals surface area contributed by atoms with Crippen LogP contribution in [0.15, 0.2) is 0 Å². The lowest BCUT2D eigenvalue weighted by atomic mass is 9.94. The van der Waals surface area contributed by atoms with Crippen molar-refractivity contribution in [3.8, 4) is 0 Å². The summed E-state index contributed by atoms with van der Waals surface area (Å²) in [6.07, 6.45) is 12.0. The maximum atomic E-state index is 12.2. The van der Waals surface area contributed by atoms with Crippen LogP contribution in [0, 0.1) is 0 Å². The molecule has 0 heterocycles. The minimum absolute atomic E-state index is 0.0428. The van der Waals surface area contributed by atoms with Gasteiger partial charge in [0.25, 0.3) is 0 Å². The zero-order valence-electron chi connectivity index (χ0n) is 13.7. The van der Waals surface area contributed by atoms with Gasteiger partial charge in [0.15, 0.2) is 0 Å². The van der Waals surface area contributed by atoms with Crippen LogP contribution in [0.25, 0.3) is 0 Å². The highest BCUT2D eigenvalue weighted by molar-refractivity contribution is 5.72. The number of carbonyl (C=O) groups excluding carboxylic acids is 1. The second-order valence-corrected chi connectivity index (χ2v) is 6.65. The third-order valence-electron chi connectivity index (χ3n) is 5.05. The molecule has 2 saturated carbocycles. The minimum Gasteiger partial charge on any atom is -0.459 e. The lowest BCUT2D eigenvalue weighted by molar-refractivity contribution is -0.160. The number of nitrogens with zero attached hydrogens (tertiary/aromatic N) is 1. The first-order valence-corrected chi connectivity index (χ1v) is 8.63. The lowest BCUT2D eigenvalue weighted by Crippen LogP contribution is -2.41. The first-order valence-electron chi connectivity index (χ1n) is 8.63. The number of hydrogen-bond donors (Lipinski definition) is 0. The number of likely N-dealkylation sites (N-methyl/N-ethyl adjacent to an activating group) is 1. The van der Waals surface area contributed by atoms with Crippen molar-refractivity contribution in [2.75, 3.05) is 20.7 Å². The predicted molar refractivity (Wildman–Crippen MR) is 83.3 cm³/mol. The average Bonchev–Trinajstić information content (AvgIpc) is 2.76. The number of hydrogen-bond acceptors (Lipinski definition) is 4. The van der Waals surface area contributed by atoms with Gasteiger partial charge in [-0.2, -0.15) is 0 Å². The van der Waals surface area contributed by atoms with Crippen molar-refractivity contribution >= 4 is 5.97 Å². The number of ether oxygens (including phenoxy) is 2. The van der Waals surface area contributed by atoms with E-state index in [0.29, 0.717) is 12.6 Å². The summed E-state index contributed by atoms with van der Waals surface area (Å²) in [7, 11) is 3.78. The standard InChI is InChI=1S/C17H31NO3/c1-18(14-9-5-3-4-6-10-14)13-17(19)21-16-12-8-7-11-15(16)20-2/h14-16H,3-13H2,1-2H3/t15-,16+/m0/s1. The van der Waals surface area contributed by atoms with Crippen LogP contribution in [-0.2, 0) is 14.3 Å². The van der Waals surface area contributed by atoms with E-state index in [0.717, 1.165) is 19.3 Å². The molecule has 0 saturated heterocycles. The molecule has 0 aromatic heterocycles. The van der Waals surface area contributed by atoms with E-state index in [4.69, 9.17) is 9.47 Å². The molecule has 2 aliphatic rings. The van der Waals surface area contributed by atoms with Gasteiger partial charge in [-0.05, 0) is 39.2 Å². The molecule has 2 atom stereocenters. The fourth-order valence-electron chi connectivity index (χ4n) is 3.70. The molecule has 21 heavy (non-hydrogen) atoms. The van der Waals surface area contributed by atoms with Crippen molar-refractivity contribution in [3.63, 3.8) is 0 Å². The molecular formula is C17H31NO3. The fourth-order valence-corrected chi connectivity index (χ4v) is 3.70. The molecule has 4 heteroatoms. The molecule has 0 radical (unpaired) electrons. The summed E-state index contributed by atoms with van der Waals surface area (Å²) < 4.78 is 11.1. The van der Waals surface area contributed by atoms with Gasteiger partial charge in [-0.15, -0.1) is 0 Å². The number of carbonyl (C=O) groups is 1. The van der Waals surface area contributed by atoms with Crippen molar-refractivity contribution in [1.29, 1.82) is 0 Å². The van der Waals surface area contributed by atoms with E-state index in [-0.39, 0.29) is 18.2 Å². The zero-order chi connectivity index (χ0) is 15.1. The minimum atomic E-state index is -0.0873. The van der Waals surface area contributed by atoms with Crippen LogP contribution in [0.2, 0.25) is 0 Å². The molecule has 2 rings (SSSR count). The van der Waals surface area contributed by atoms with E-state index in [2.05, 4.69) is 11.9 Å². The van der Waals surface area contributed by atoms with Gasteiger partial charge in [0.2, 0.25) is 0 Å². The Balaban J connectivity index is 1.77. The Labute approximate surface area is 129 Å². The number of rotatable bonds is 5. The smallest absolute Gasteiger partial charge is 0.320 e. The SMILES string of the molecule is CO[C@H]1CCCC[C@H]1OC(=O)CN(C)C1CCCCCC1. The molecule has 2 aliphatic carbocycles. The third-order valence-corrected chi connectivity index (χ3v) is 5.05. The highest BCUT2D eigenvalue weighted by Gasteiger charge is 2.29. The monoisotopic (exact) mass is 297 g/mol. The van der Waals surface area contributed by atoms with Crippen LogP contribution in [0.5, 0.6) is 0 Å². The molecule has 122 valence electrons. The van der Waals surface area contributed by atoms with E-state index in [1.165, 1.54) is 44.9 Å². The van der Waals surface area contributed by atoms with Crippen LogP contribution in [0.1, 0.15) is 64.2 Å². The zero-order valence-corrected chi connectivity index (χ0v) is 13.7. The summed E-state index contributed by atoms with van der Waals surface area (Å²) >= 11 is 0. The van der Waals surface area contributed by atoms with Gasteiger partial charge in [-0.25, -0.2) is 0 Å². The Bertz CT molecular complexity index is 313. The largest absolute Gasteiger partial charge is 0.459 e. The second kappa shape index (κ2) is 8.74. The molecule has 0 aromatic rings. The van der Waals surface area contributed by atoms with Crippen LogP contribution in [0.4, 0.5) is 0 Å². The van der Waals surface area contributed by atoms with E-state index in [9.17, 15) is 4.79 Å². The molecule has 0 N–H and O–H groups in total. The van der Waals surface area contributed by atoms with E-state index in [1.807, 2.05) is 0 Å². The Morgan fingerprint density at radius 2 is 1.52 bits per heavy atom. The Kier molecular flexibility index (Phi) is 6.97. The fraction of sp³-hybridized carbons (Fsp3) is 0.941. The van der Waals surface area contributed by atoms with Crippen LogP contribution < -0.4 is 0 Å². The molecular weight excluding hydrogens is 266 g/mol. The molecule has 0 amide bonds. The number of esters is 1. The van der Waals surface area contributed by atoms with Gasteiger partial charge in [0.05, 0.1) is 12.6 Å². The summed E-state index contributed by atoms with van der Waals surface area (Å²) in [4.78, 5) is 14.4. The van der Waals surface area contributed by atoms with Gasteiger partial charge < -0.3 is 9.47 Å². The lowest BCUT2D eigenvalue weighted by Gasteiger charge is -2.31. The second-order valence-electron chi connectivity index (χ2n) is 6.65. The quantitative estimate of drug-likeness (QED) is 0.577. The first kappa shape index (κ1) is 16.8. The van der Waals surface area contributed by atoms with E-state index >= 15 is 0 Å². The molecule has 0 aliphatic heterocycles. The van der Waals surface area contributed by atoms with Crippen molar-refractivity contribution in [3.05, 3.63) is 0 Å². The van der Waals surface area contributed by atoms with Crippen LogP contribution in [-0.4, -0.2) is 49.8 Å². The van der Waals surface area contributed by atoms with E-state index in [1.54, 1.807) is 7.11 Å². The van der Waals surface area contributed by atoms with Crippen LogP contribution in [0.3, 0.4) is 0 Å². The van der Waals surface area contributed by atoms with Gasteiger partial charge >= 0.3 is 5.97 Å². The topological polar surface area (TPSA) is 38.8 Å². The number of methoxy groups -OCH3 is 1. The Hall–Kier alpha value is -0.610. The Morgan fingerprint density at radius 1 is 0.952 bits per heavy atom. The summed E-state index contributed by atoms with van der Waals surface area (Å²) in [5.41, 5.74) is 0. The molecule has 0 spiro atoms. The van der Waals surface area contributed by atoms with Crippen molar-refractivity contribution in [1.82, 2.24) is 4.90 Å². The van der Waals surface area contributed by atoms with E-state index < -0.39 is 0 Å². The predicted octanol–water partition coefficient (Wildman–Crippen LogP) is 3.14. The summed E-state index contributed by atoms with van der Waals surface area (Å²) in [6.45, 7) is 0.414. The molecule has 2 fully saturated rings. The highest BCUT2D eigenvalue weighted by atomic mass is 16.6. The molecule has 4 nitrogen and oxygen atoms in total. The van der Waals surface area contributed by atoms with Gasteiger partial charge in [-0.1, -0.05) is 32.1 Å². The van der Waals surface area contributed by atoms with Gasteiger partial charge in [-0.3, -0.25) is 9.69 Å². The maximum Gasteiger partial charge on any atom is 0.320 e. The summed E-state index contributed by atoms with van der Waals surface area (Å²) in [5, 5.41) is 0. The Morgan fingerprint density at radius 3 is 2.14 bits per heavy atom. The summed E-state index contributed by atoms with van der Waals surface area (Å²) in [5.74, 6) is -0.0873. The average molecular weight is 297 g/mol. The van der Waals surface area contributed by atoms with Crippen molar-refractivity contribution in [2.45, 2.75) is 82.5 Å². The molecule has 0 bridgehead atoms. The third kappa shape index (κ3) is 5.26. The maximum absolute atomic E-state index is 12.2. The first-order chi connectivity index (χ1) is 10.2.